The molecule has 0 rings (SSSR count). The second-order valence-corrected chi connectivity index (χ2v) is 1.27. The van der Waals surface area contributed by atoms with Gasteiger partial charge in [-0.05, 0) is 6.92 Å². The van der Waals surface area contributed by atoms with Gasteiger partial charge < -0.3 is 5.11 Å². The van der Waals surface area contributed by atoms with Crippen molar-refractivity contribution in [2.24, 2.45) is 0 Å². The zero-order valence-electron chi connectivity index (χ0n) is 4.34. The van der Waals surface area contributed by atoms with Gasteiger partial charge in [0.15, 0.2) is 0 Å². The number of carboxylic acids is 1. The van der Waals surface area contributed by atoms with Gasteiger partial charge in [0.25, 0.3) is 0 Å². The molecule has 3 nitrogen and oxygen atoms in total. The average Bonchev–Trinajstić information content (AvgIpc) is 1.65. The highest BCUT2D eigenvalue weighted by atomic mass is 16.4. The Labute approximate surface area is 46.6 Å². The monoisotopic (exact) mass is 113 g/mol. The standard InChI is InChI=1S/C5H5O3/c1-4(3-6)2-5(7)8/h2H,1H3,(H,7,8). The summed E-state index contributed by atoms with van der Waals surface area (Å²) in [6, 6.07) is 0. The molecule has 0 spiro atoms. The molecule has 0 heterocycles. The maximum Gasteiger partial charge on any atom is 0.328 e. The third-order valence-corrected chi connectivity index (χ3v) is 0.501. The van der Waals surface area contributed by atoms with Gasteiger partial charge in [0.1, 0.15) is 0 Å². The molecule has 3 heteroatoms. The maximum atomic E-state index is 9.71. The molecule has 0 saturated carbocycles. The first kappa shape index (κ1) is 6.88. The molecule has 0 unspecified atom stereocenters. The summed E-state index contributed by atoms with van der Waals surface area (Å²) in [5.74, 6) is -1.12. The van der Waals surface area contributed by atoms with Crippen molar-refractivity contribution in [1.82, 2.24) is 0 Å². The Bertz CT molecular complexity index is 135. The molecule has 43 valence electrons. The van der Waals surface area contributed by atoms with Crippen LogP contribution < -0.4 is 0 Å². The predicted molar refractivity (Wildman–Crippen MR) is 27.1 cm³/mol. The van der Waals surface area contributed by atoms with Crippen LogP contribution in [0.2, 0.25) is 0 Å². The van der Waals surface area contributed by atoms with Crippen LogP contribution in [-0.4, -0.2) is 17.4 Å². The summed E-state index contributed by atoms with van der Waals surface area (Å²) in [6.45, 7) is 1.38. The summed E-state index contributed by atoms with van der Waals surface area (Å²) < 4.78 is 0. The van der Waals surface area contributed by atoms with E-state index in [0.717, 1.165) is 6.08 Å². The van der Waals surface area contributed by atoms with Crippen molar-refractivity contribution in [3.63, 3.8) is 0 Å². The first-order chi connectivity index (χ1) is 3.66. The maximum absolute atomic E-state index is 9.71. The summed E-state index contributed by atoms with van der Waals surface area (Å²) in [6.07, 6.45) is 2.23. The van der Waals surface area contributed by atoms with E-state index in [-0.39, 0.29) is 5.57 Å². The number of allylic oxidation sites excluding steroid dienone is 1. The Morgan fingerprint density at radius 2 is 2.25 bits per heavy atom. The van der Waals surface area contributed by atoms with Crippen LogP contribution in [0, 0.1) is 0 Å². The summed E-state index contributed by atoms with van der Waals surface area (Å²) in [7, 11) is 0. The quantitative estimate of drug-likeness (QED) is 0.518. The molecule has 0 bridgehead atoms. The van der Waals surface area contributed by atoms with Crippen LogP contribution in [0.4, 0.5) is 0 Å². The predicted octanol–water partition coefficient (Wildman–Crippen LogP) is 0.127. The van der Waals surface area contributed by atoms with Crippen LogP contribution >= 0.6 is 0 Å². The molecule has 0 atom stereocenters. The normalized spacial score (nSPS) is 10.9. The lowest BCUT2D eigenvalue weighted by molar-refractivity contribution is -0.131. The topological polar surface area (TPSA) is 54.4 Å². The fourth-order valence-corrected chi connectivity index (χ4v) is 0.215. The molecule has 0 aliphatic rings. The molecular formula is C5H5O3. The Balaban J connectivity index is 3.94. The Hall–Kier alpha value is -1.12. The van der Waals surface area contributed by atoms with Crippen LogP contribution in [0.5, 0.6) is 0 Å². The van der Waals surface area contributed by atoms with Gasteiger partial charge in [-0.25, -0.2) is 4.79 Å². The summed E-state index contributed by atoms with van der Waals surface area (Å²) in [5.41, 5.74) is 0.0949. The lowest BCUT2D eigenvalue weighted by atomic mass is 10.3. The summed E-state index contributed by atoms with van der Waals surface area (Å²) >= 11 is 0. The summed E-state index contributed by atoms with van der Waals surface area (Å²) in [4.78, 5) is 19.3. The van der Waals surface area contributed by atoms with Gasteiger partial charge >= 0.3 is 5.97 Å². The Kier molecular flexibility index (Phi) is 2.54. The molecule has 1 N–H and O–H groups in total. The molecule has 1 radical (unpaired) electrons. The van der Waals surface area contributed by atoms with Crippen molar-refractivity contribution in [2.75, 3.05) is 0 Å². The molecule has 0 aromatic rings. The Morgan fingerprint density at radius 3 is 2.38 bits per heavy atom. The molecule has 0 fully saturated rings. The van der Waals surface area contributed by atoms with E-state index in [0.29, 0.717) is 0 Å². The lowest BCUT2D eigenvalue weighted by Crippen LogP contribution is -1.89. The second kappa shape index (κ2) is 2.96. The molecule has 0 saturated heterocycles. The number of hydrogen-bond donors (Lipinski definition) is 1. The molecule has 0 amide bonds. The van der Waals surface area contributed by atoms with Crippen LogP contribution in [0.1, 0.15) is 6.92 Å². The fraction of sp³-hybridized carbons (Fsp3) is 0.200. The minimum absolute atomic E-state index is 0.0949. The van der Waals surface area contributed by atoms with E-state index in [1.54, 1.807) is 0 Å². The minimum atomic E-state index is -1.12. The number of hydrogen-bond acceptors (Lipinski definition) is 2. The largest absolute Gasteiger partial charge is 0.478 e. The molecule has 8 heavy (non-hydrogen) atoms. The van der Waals surface area contributed by atoms with E-state index in [9.17, 15) is 9.59 Å². The van der Waals surface area contributed by atoms with Gasteiger partial charge in [0, 0.05) is 11.6 Å². The van der Waals surface area contributed by atoms with Gasteiger partial charge in [-0.15, -0.1) is 0 Å². The summed E-state index contributed by atoms with van der Waals surface area (Å²) in [5, 5.41) is 7.96. The molecule has 0 aliphatic heterocycles. The average molecular weight is 113 g/mol. The number of carbonyl (C=O) groups is 1. The van der Waals surface area contributed by atoms with Gasteiger partial charge in [0.05, 0.1) is 0 Å². The van der Waals surface area contributed by atoms with E-state index < -0.39 is 5.97 Å². The second-order valence-electron chi connectivity index (χ2n) is 1.27. The highest BCUT2D eigenvalue weighted by molar-refractivity contribution is 5.88. The zero-order valence-corrected chi connectivity index (χ0v) is 4.34. The van der Waals surface area contributed by atoms with Crippen LogP contribution in [0.15, 0.2) is 11.6 Å². The number of rotatable bonds is 2. The molecular weight excluding hydrogens is 108 g/mol. The number of aliphatic carboxylic acids is 1. The number of carbonyl (C=O) groups excluding carboxylic acids is 1. The highest BCUT2D eigenvalue weighted by Crippen LogP contribution is 1.83. The van der Waals surface area contributed by atoms with Crippen molar-refractivity contribution in [2.45, 2.75) is 6.92 Å². The van der Waals surface area contributed by atoms with E-state index in [1.165, 1.54) is 13.2 Å². The van der Waals surface area contributed by atoms with E-state index in [4.69, 9.17) is 5.11 Å². The van der Waals surface area contributed by atoms with E-state index in [1.807, 2.05) is 0 Å². The Morgan fingerprint density at radius 1 is 1.75 bits per heavy atom. The zero-order chi connectivity index (χ0) is 6.57. The fourth-order valence-electron chi connectivity index (χ4n) is 0.215. The third kappa shape index (κ3) is 3.08. The number of carboxylic acid groups (broad SMARTS) is 1. The van der Waals surface area contributed by atoms with E-state index >= 15 is 0 Å². The van der Waals surface area contributed by atoms with Gasteiger partial charge in [-0.1, -0.05) is 0 Å². The van der Waals surface area contributed by atoms with Crippen LogP contribution in [0.25, 0.3) is 0 Å². The third-order valence-electron chi connectivity index (χ3n) is 0.501. The lowest BCUT2D eigenvalue weighted by Gasteiger charge is -1.78. The molecule has 0 aliphatic carbocycles. The van der Waals surface area contributed by atoms with Gasteiger partial charge in [0.2, 0.25) is 6.29 Å². The van der Waals surface area contributed by atoms with Crippen molar-refractivity contribution in [3.8, 4) is 0 Å². The van der Waals surface area contributed by atoms with Crippen LogP contribution in [-0.2, 0) is 9.59 Å². The molecule has 0 aromatic heterocycles. The van der Waals surface area contributed by atoms with Crippen molar-refractivity contribution in [3.05, 3.63) is 11.6 Å². The SMILES string of the molecule is CC([C]=O)=CC(=O)O. The minimum Gasteiger partial charge on any atom is -0.478 e. The van der Waals surface area contributed by atoms with Crippen molar-refractivity contribution >= 4 is 12.3 Å². The highest BCUT2D eigenvalue weighted by Gasteiger charge is 1.89. The van der Waals surface area contributed by atoms with E-state index in [2.05, 4.69) is 0 Å². The van der Waals surface area contributed by atoms with Crippen LogP contribution in [0.3, 0.4) is 0 Å². The van der Waals surface area contributed by atoms with Gasteiger partial charge in [-0.3, -0.25) is 4.79 Å². The van der Waals surface area contributed by atoms with Crippen molar-refractivity contribution < 1.29 is 14.7 Å². The van der Waals surface area contributed by atoms with Crippen molar-refractivity contribution in [1.29, 1.82) is 0 Å². The first-order valence-corrected chi connectivity index (χ1v) is 1.96. The first-order valence-electron chi connectivity index (χ1n) is 1.96. The van der Waals surface area contributed by atoms with Gasteiger partial charge in [-0.2, -0.15) is 0 Å². The molecule has 0 aromatic carbocycles. The smallest absolute Gasteiger partial charge is 0.328 e.